The molecular formula is C29H41N7S. The number of rotatable bonds is 6. The van der Waals surface area contributed by atoms with Crippen molar-refractivity contribution < 1.29 is 0 Å². The maximum Gasteiger partial charge on any atom is 0.228 e. The normalized spacial score (nSPS) is 22.5. The highest BCUT2D eigenvalue weighted by Gasteiger charge is 2.30. The van der Waals surface area contributed by atoms with Crippen LogP contribution >= 0.6 is 11.3 Å². The number of aromatic nitrogens is 2. The summed E-state index contributed by atoms with van der Waals surface area (Å²) in [7, 11) is 6.64. The van der Waals surface area contributed by atoms with E-state index in [2.05, 4.69) is 81.4 Å². The molecule has 3 aromatic rings. The predicted molar refractivity (Wildman–Crippen MR) is 156 cm³/mol. The molecule has 198 valence electrons. The molecule has 7 nitrogen and oxygen atoms in total. The quantitative estimate of drug-likeness (QED) is 0.488. The SMILES string of the molecule is CN1CCN(c2nc(N3CCC(CN4CCC(N(C)C)C4)CC3)c3c(-c4ccccc4)csc3n2)CC1. The molecule has 8 heteroatoms. The Morgan fingerprint density at radius 3 is 2.35 bits per heavy atom. The number of hydrogen-bond acceptors (Lipinski definition) is 8. The molecule has 0 bridgehead atoms. The van der Waals surface area contributed by atoms with E-state index in [4.69, 9.17) is 9.97 Å². The van der Waals surface area contributed by atoms with Crippen molar-refractivity contribution in [3.05, 3.63) is 35.7 Å². The smallest absolute Gasteiger partial charge is 0.228 e. The molecule has 37 heavy (non-hydrogen) atoms. The minimum atomic E-state index is 0.720. The summed E-state index contributed by atoms with van der Waals surface area (Å²) in [5.41, 5.74) is 2.53. The van der Waals surface area contributed by atoms with Crippen molar-refractivity contribution in [2.75, 3.05) is 89.8 Å². The fourth-order valence-corrected chi connectivity index (χ4v) is 7.15. The van der Waals surface area contributed by atoms with E-state index in [1.807, 2.05) is 0 Å². The monoisotopic (exact) mass is 519 g/mol. The maximum atomic E-state index is 5.30. The topological polar surface area (TPSA) is 42.0 Å². The molecule has 0 aliphatic carbocycles. The number of likely N-dealkylation sites (tertiary alicyclic amines) is 1. The van der Waals surface area contributed by atoms with Crippen LogP contribution in [0.2, 0.25) is 0 Å². The summed E-state index contributed by atoms with van der Waals surface area (Å²) in [6.07, 6.45) is 3.78. The first kappa shape index (κ1) is 25.0. The summed E-state index contributed by atoms with van der Waals surface area (Å²) < 4.78 is 0. The van der Waals surface area contributed by atoms with Gasteiger partial charge in [0.2, 0.25) is 5.95 Å². The van der Waals surface area contributed by atoms with Crippen molar-refractivity contribution in [2.45, 2.75) is 25.3 Å². The van der Waals surface area contributed by atoms with Gasteiger partial charge in [-0.3, -0.25) is 0 Å². The number of piperazine rings is 1. The van der Waals surface area contributed by atoms with Crippen LogP contribution in [0.25, 0.3) is 21.3 Å². The summed E-state index contributed by atoms with van der Waals surface area (Å²) in [6.45, 7) is 9.98. The molecule has 3 saturated heterocycles. The third kappa shape index (κ3) is 5.35. The van der Waals surface area contributed by atoms with Gasteiger partial charge in [0.1, 0.15) is 10.6 Å². The van der Waals surface area contributed by atoms with E-state index in [1.54, 1.807) is 11.3 Å². The van der Waals surface area contributed by atoms with E-state index in [-0.39, 0.29) is 0 Å². The molecule has 0 N–H and O–H groups in total. The molecular weight excluding hydrogens is 478 g/mol. The lowest BCUT2D eigenvalue weighted by Gasteiger charge is -2.36. The number of piperidine rings is 1. The third-order valence-corrected chi connectivity index (χ3v) is 9.55. The van der Waals surface area contributed by atoms with Gasteiger partial charge in [-0.05, 0) is 58.4 Å². The van der Waals surface area contributed by atoms with Gasteiger partial charge < -0.3 is 24.5 Å². The second-order valence-electron chi connectivity index (χ2n) is 11.4. The fraction of sp³-hybridized carbons (Fsp3) is 0.586. The molecule has 0 spiro atoms. The Hall–Kier alpha value is -2.26. The van der Waals surface area contributed by atoms with Crippen molar-refractivity contribution in [1.82, 2.24) is 24.7 Å². The number of thiophene rings is 1. The lowest BCUT2D eigenvalue weighted by Crippen LogP contribution is -2.45. The molecule has 0 saturated carbocycles. The zero-order valence-electron chi connectivity index (χ0n) is 22.6. The molecule has 1 aromatic carbocycles. The lowest BCUT2D eigenvalue weighted by molar-refractivity contribution is 0.225. The second-order valence-corrected chi connectivity index (χ2v) is 12.3. The van der Waals surface area contributed by atoms with Gasteiger partial charge >= 0.3 is 0 Å². The number of nitrogens with zero attached hydrogens (tertiary/aromatic N) is 7. The van der Waals surface area contributed by atoms with Gasteiger partial charge in [-0.1, -0.05) is 30.3 Å². The molecule has 3 aliphatic heterocycles. The van der Waals surface area contributed by atoms with Gasteiger partial charge in [-0.15, -0.1) is 11.3 Å². The van der Waals surface area contributed by atoms with Crippen molar-refractivity contribution in [2.24, 2.45) is 5.92 Å². The number of anilines is 2. The molecule has 3 fully saturated rings. The van der Waals surface area contributed by atoms with Crippen LogP contribution in [0.1, 0.15) is 19.3 Å². The van der Waals surface area contributed by atoms with Crippen LogP contribution in [-0.2, 0) is 0 Å². The first-order valence-corrected chi connectivity index (χ1v) is 14.8. The largest absolute Gasteiger partial charge is 0.356 e. The van der Waals surface area contributed by atoms with E-state index in [0.717, 1.165) is 67.8 Å². The molecule has 2 aromatic heterocycles. The van der Waals surface area contributed by atoms with Crippen LogP contribution in [0.4, 0.5) is 11.8 Å². The second kappa shape index (κ2) is 10.8. The Morgan fingerprint density at radius 1 is 0.892 bits per heavy atom. The minimum Gasteiger partial charge on any atom is -0.356 e. The van der Waals surface area contributed by atoms with E-state index in [9.17, 15) is 0 Å². The van der Waals surface area contributed by atoms with Gasteiger partial charge in [-0.2, -0.15) is 4.98 Å². The predicted octanol–water partition coefficient (Wildman–Crippen LogP) is 3.96. The summed E-state index contributed by atoms with van der Waals surface area (Å²) in [6, 6.07) is 11.5. The Bertz CT molecular complexity index is 1180. The van der Waals surface area contributed by atoms with Crippen molar-refractivity contribution >= 4 is 33.3 Å². The van der Waals surface area contributed by atoms with E-state index >= 15 is 0 Å². The number of likely N-dealkylation sites (N-methyl/N-ethyl adjacent to an activating group) is 2. The zero-order chi connectivity index (χ0) is 25.4. The van der Waals surface area contributed by atoms with Gasteiger partial charge in [0, 0.05) is 69.3 Å². The van der Waals surface area contributed by atoms with E-state index in [0.29, 0.717) is 0 Å². The number of fused-ring (bicyclic) bond motifs is 1. The van der Waals surface area contributed by atoms with Crippen LogP contribution in [0, 0.1) is 5.92 Å². The standard InChI is InChI=1S/C29H41N7S/c1-32(2)24-11-12-34(20-24)19-22-9-13-35(14-10-22)27-26-25(23-7-5-4-6-8-23)21-37-28(26)31-29(30-27)36-17-15-33(3)16-18-36/h4-8,21-22,24H,9-20H2,1-3H3. The Balaban J connectivity index is 1.25. The molecule has 0 amide bonds. The van der Waals surface area contributed by atoms with Gasteiger partial charge in [0.05, 0.1) is 5.39 Å². The summed E-state index contributed by atoms with van der Waals surface area (Å²) in [5.74, 6) is 2.83. The van der Waals surface area contributed by atoms with Gasteiger partial charge in [0.25, 0.3) is 0 Å². The lowest BCUT2D eigenvalue weighted by atomic mass is 9.96. The summed E-state index contributed by atoms with van der Waals surface area (Å²) in [5, 5.41) is 3.52. The fourth-order valence-electron chi connectivity index (χ4n) is 6.21. The number of benzene rings is 1. The van der Waals surface area contributed by atoms with Gasteiger partial charge in [-0.25, -0.2) is 4.98 Å². The molecule has 6 rings (SSSR count). The van der Waals surface area contributed by atoms with Crippen LogP contribution in [-0.4, -0.2) is 111 Å². The Morgan fingerprint density at radius 2 is 1.65 bits per heavy atom. The van der Waals surface area contributed by atoms with E-state index in [1.165, 1.54) is 55.4 Å². The highest BCUT2D eigenvalue weighted by Crippen LogP contribution is 2.40. The van der Waals surface area contributed by atoms with Crippen molar-refractivity contribution in [3.8, 4) is 11.1 Å². The number of hydrogen-bond donors (Lipinski definition) is 0. The molecule has 1 atom stereocenters. The Kier molecular flexibility index (Phi) is 7.34. The summed E-state index contributed by atoms with van der Waals surface area (Å²) in [4.78, 5) is 24.0. The summed E-state index contributed by atoms with van der Waals surface area (Å²) >= 11 is 1.76. The maximum absolute atomic E-state index is 5.30. The minimum absolute atomic E-state index is 0.720. The zero-order valence-corrected chi connectivity index (χ0v) is 23.5. The van der Waals surface area contributed by atoms with Crippen molar-refractivity contribution in [1.29, 1.82) is 0 Å². The average Bonchev–Trinajstić information content (AvgIpc) is 3.57. The highest BCUT2D eigenvalue weighted by molar-refractivity contribution is 7.17. The highest BCUT2D eigenvalue weighted by atomic mass is 32.1. The third-order valence-electron chi connectivity index (χ3n) is 8.68. The van der Waals surface area contributed by atoms with Crippen LogP contribution in [0.3, 0.4) is 0 Å². The van der Waals surface area contributed by atoms with E-state index < -0.39 is 0 Å². The molecule has 5 heterocycles. The molecule has 3 aliphatic rings. The Labute approximate surface area is 225 Å². The molecule has 1 unspecified atom stereocenters. The first-order valence-electron chi connectivity index (χ1n) is 14.0. The van der Waals surface area contributed by atoms with Gasteiger partial charge in [0.15, 0.2) is 0 Å². The van der Waals surface area contributed by atoms with Crippen LogP contribution in [0.5, 0.6) is 0 Å². The van der Waals surface area contributed by atoms with Crippen LogP contribution < -0.4 is 9.80 Å². The average molecular weight is 520 g/mol. The first-order chi connectivity index (χ1) is 18.0. The van der Waals surface area contributed by atoms with Crippen molar-refractivity contribution in [3.63, 3.8) is 0 Å². The van der Waals surface area contributed by atoms with Crippen LogP contribution in [0.15, 0.2) is 35.7 Å². The molecule has 0 radical (unpaired) electrons.